The van der Waals surface area contributed by atoms with Gasteiger partial charge in [-0.05, 0) is 30.5 Å². The number of rotatable bonds is 5. The smallest absolute Gasteiger partial charge is 0.314 e. The third-order valence-corrected chi connectivity index (χ3v) is 3.26. The van der Waals surface area contributed by atoms with E-state index < -0.39 is 11.4 Å². The Balaban J connectivity index is 3.16. The molecular formula is C13H18O3. The highest BCUT2D eigenvalue weighted by molar-refractivity contribution is 5.81. The predicted octanol–water partition coefficient (Wildman–Crippen LogP) is 2.84. The Morgan fingerprint density at radius 2 is 1.75 bits per heavy atom. The quantitative estimate of drug-likeness (QED) is 0.833. The molecule has 3 heteroatoms. The number of carboxylic acid groups (broad SMARTS) is 1. The van der Waals surface area contributed by atoms with Gasteiger partial charge in [-0.2, -0.15) is 0 Å². The van der Waals surface area contributed by atoms with Crippen LogP contribution in [0.5, 0.6) is 5.75 Å². The summed E-state index contributed by atoms with van der Waals surface area (Å²) in [7, 11) is 1.60. The minimum atomic E-state index is -0.772. The van der Waals surface area contributed by atoms with Crippen molar-refractivity contribution in [1.29, 1.82) is 0 Å². The SMILES string of the molecule is CCC(CC)(C(=O)O)c1ccc(OC)cc1. The van der Waals surface area contributed by atoms with Crippen molar-refractivity contribution in [2.45, 2.75) is 32.1 Å². The molecule has 0 heterocycles. The number of carboxylic acids is 1. The number of methoxy groups -OCH3 is 1. The highest BCUT2D eigenvalue weighted by atomic mass is 16.5. The lowest BCUT2D eigenvalue weighted by molar-refractivity contribution is -0.144. The van der Waals surface area contributed by atoms with Gasteiger partial charge in [0.05, 0.1) is 12.5 Å². The van der Waals surface area contributed by atoms with E-state index in [2.05, 4.69) is 0 Å². The molecule has 0 aliphatic carbocycles. The van der Waals surface area contributed by atoms with Crippen LogP contribution in [-0.4, -0.2) is 18.2 Å². The summed E-state index contributed by atoms with van der Waals surface area (Å²) in [5.41, 5.74) is 0.0671. The predicted molar refractivity (Wildman–Crippen MR) is 62.9 cm³/mol. The molecule has 0 unspecified atom stereocenters. The third-order valence-electron chi connectivity index (χ3n) is 3.26. The fourth-order valence-electron chi connectivity index (χ4n) is 1.99. The van der Waals surface area contributed by atoms with Crippen molar-refractivity contribution in [2.24, 2.45) is 0 Å². The Hall–Kier alpha value is -1.51. The van der Waals surface area contributed by atoms with Crippen molar-refractivity contribution in [2.75, 3.05) is 7.11 Å². The van der Waals surface area contributed by atoms with Crippen LogP contribution in [0.1, 0.15) is 32.3 Å². The zero-order valence-corrected chi connectivity index (χ0v) is 9.99. The molecule has 0 aliphatic rings. The van der Waals surface area contributed by atoms with Crippen molar-refractivity contribution in [3.05, 3.63) is 29.8 Å². The van der Waals surface area contributed by atoms with E-state index in [4.69, 9.17) is 4.74 Å². The van der Waals surface area contributed by atoms with Gasteiger partial charge >= 0.3 is 5.97 Å². The molecule has 0 aromatic heterocycles. The number of carbonyl (C=O) groups is 1. The number of ether oxygens (including phenoxy) is 1. The summed E-state index contributed by atoms with van der Waals surface area (Å²) in [6.45, 7) is 3.81. The molecule has 0 radical (unpaired) electrons. The van der Waals surface area contributed by atoms with Gasteiger partial charge in [0.2, 0.25) is 0 Å². The maximum atomic E-state index is 11.4. The van der Waals surface area contributed by atoms with E-state index in [1.165, 1.54) is 0 Å². The molecule has 88 valence electrons. The zero-order chi connectivity index (χ0) is 12.2. The summed E-state index contributed by atoms with van der Waals surface area (Å²) in [6.07, 6.45) is 1.18. The van der Waals surface area contributed by atoms with Crippen LogP contribution in [0.3, 0.4) is 0 Å². The molecule has 1 aromatic rings. The molecule has 0 amide bonds. The number of hydrogen-bond donors (Lipinski definition) is 1. The molecule has 0 atom stereocenters. The van der Waals surface area contributed by atoms with Crippen LogP contribution in [0.4, 0.5) is 0 Å². The van der Waals surface area contributed by atoms with Gasteiger partial charge in [0.1, 0.15) is 5.75 Å². The molecule has 3 nitrogen and oxygen atoms in total. The minimum absolute atomic E-state index is 0.588. The van der Waals surface area contributed by atoms with Gasteiger partial charge in [-0.15, -0.1) is 0 Å². The Morgan fingerprint density at radius 1 is 1.25 bits per heavy atom. The molecule has 1 N–H and O–H groups in total. The Morgan fingerprint density at radius 3 is 2.06 bits per heavy atom. The van der Waals surface area contributed by atoms with Gasteiger partial charge in [0.15, 0.2) is 0 Å². The van der Waals surface area contributed by atoms with E-state index in [-0.39, 0.29) is 0 Å². The zero-order valence-electron chi connectivity index (χ0n) is 9.99. The maximum absolute atomic E-state index is 11.4. The fraction of sp³-hybridized carbons (Fsp3) is 0.462. The average molecular weight is 222 g/mol. The molecule has 0 bridgehead atoms. The summed E-state index contributed by atoms with van der Waals surface area (Å²) in [4.78, 5) is 11.4. The topological polar surface area (TPSA) is 46.5 Å². The second kappa shape index (κ2) is 5.01. The molecule has 0 saturated carbocycles. The van der Waals surface area contributed by atoms with Crippen molar-refractivity contribution >= 4 is 5.97 Å². The Labute approximate surface area is 96.1 Å². The maximum Gasteiger partial charge on any atom is 0.314 e. The average Bonchev–Trinajstić information content (AvgIpc) is 2.32. The second-order valence-electron chi connectivity index (χ2n) is 3.82. The van der Waals surface area contributed by atoms with Crippen molar-refractivity contribution < 1.29 is 14.6 Å². The fourth-order valence-corrected chi connectivity index (χ4v) is 1.99. The first-order chi connectivity index (χ1) is 7.60. The normalized spacial score (nSPS) is 11.2. The molecule has 1 rings (SSSR count). The van der Waals surface area contributed by atoms with Crippen LogP contribution in [0, 0.1) is 0 Å². The molecule has 0 aliphatic heterocycles. The van der Waals surface area contributed by atoms with Gasteiger partial charge < -0.3 is 9.84 Å². The van der Waals surface area contributed by atoms with E-state index in [0.29, 0.717) is 12.8 Å². The first-order valence-electron chi connectivity index (χ1n) is 5.48. The van der Waals surface area contributed by atoms with Crippen LogP contribution < -0.4 is 4.74 Å². The molecular weight excluding hydrogens is 204 g/mol. The molecule has 0 saturated heterocycles. The number of hydrogen-bond acceptors (Lipinski definition) is 2. The van der Waals surface area contributed by atoms with E-state index >= 15 is 0 Å². The summed E-state index contributed by atoms with van der Waals surface area (Å²) in [5.74, 6) is -0.0158. The number of aliphatic carboxylic acids is 1. The lowest BCUT2D eigenvalue weighted by Crippen LogP contribution is -2.34. The molecule has 1 aromatic carbocycles. The Kier molecular flexibility index (Phi) is 3.93. The van der Waals surface area contributed by atoms with Gasteiger partial charge in [-0.25, -0.2) is 0 Å². The number of benzene rings is 1. The van der Waals surface area contributed by atoms with Crippen LogP contribution in [0.15, 0.2) is 24.3 Å². The van der Waals surface area contributed by atoms with Crippen LogP contribution in [0.25, 0.3) is 0 Å². The van der Waals surface area contributed by atoms with Gasteiger partial charge in [0.25, 0.3) is 0 Å². The summed E-state index contributed by atoms with van der Waals surface area (Å²) >= 11 is 0. The Bertz CT molecular complexity index is 350. The third kappa shape index (κ3) is 2.03. The van der Waals surface area contributed by atoms with Crippen molar-refractivity contribution in [1.82, 2.24) is 0 Å². The lowest BCUT2D eigenvalue weighted by atomic mass is 9.76. The first kappa shape index (κ1) is 12.6. The molecule has 0 fully saturated rings. The summed E-state index contributed by atoms with van der Waals surface area (Å²) < 4.78 is 5.06. The van der Waals surface area contributed by atoms with Gasteiger partial charge in [-0.1, -0.05) is 26.0 Å². The van der Waals surface area contributed by atoms with E-state index in [1.54, 1.807) is 19.2 Å². The summed E-state index contributed by atoms with van der Waals surface area (Å²) in [5, 5.41) is 9.37. The minimum Gasteiger partial charge on any atom is -0.497 e. The van der Waals surface area contributed by atoms with Crippen molar-refractivity contribution in [3.8, 4) is 5.75 Å². The second-order valence-corrected chi connectivity index (χ2v) is 3.82. The molecule has 0 spiro atoms. The lowest BCUT2D eigenvalue weighted by Gasteiger charge is -2.27. The van der Waals surface area contributed by atoms with Crippen LogP contribution >= 0.6 is 0 Å². The monoisotopic (exact) mass is 222 g/mol. The first-order valence-corrected chi connectivity index (χ1v) is 5.48. The molecule has 16 heavy (non-hydrogen) atoms. The van der Waals surface area contributed by atoms with Crippen LogP contribution in [-0.2, 0) is 10.2 Å². The highest BCUT2D eigenvalue weighted by Crippen LogP contribution is 2.32. The highest BCUT2D eigenvalue weighted by Gasteiger charge is 2.36. The van der Waals surface area contributed by atoms with Gasteiger partial charge in [0, 0.05) is 0 Å². The van der Waals surface area contributed by atoms with Crippen LogP contribution in [0.2, 0.25) is 0 Å². The van der Waals surface area contributed by atoms with Crippen molar-refractivity contribution in [3.63, 3.8) is 0 Å². The van der Waals surface area contributed by atoms with Gasteiger partial charge in [-0.3, -0.25) is 4.79 Å². The standard InChI is InChI=1S/C13H18O3/c1-4-13(5-2,12(14)15)10-6-8-11(16-3)9-7-10/h6-9H,4-5H2,1-3H3,(H,14,15). The van der Waals surface area contributed by atoms with E-state index in [1.807, 2.05) is 26.0 Å². The van der Waals surface area contributed by atoms with E-state index in [9.17, 15) is 9.90 Å². The van der Waals surface area contributed by atoms with E-state index in [0.717, 1.165) is 11.3 Å². The summed E-state index contributed by atoms with van der Waals surface area (Å²) in [6, 6.07) is 7.27. The largest absolute Gasteiger partial charge is 0.497 e.